The van der Waals surface area contributed by atoms with Gasteiger partial charge in [-0.2, -0.15) is 0 Å². The van der Waals surface area contributed by atoms with Gasteiger partial charge in [0.2, 0.25) is 10.0 Å². The molecule has 0 aromatic heterocycles. The van der Waals surface area contributed by atoms with Crippen molar-refractivity contribution in [2.45, 2.75) is 56.7 Å². The number of hydrogen-bond donors (Lipinski definition) is 2. The molecule has 0 amide bonds. The van der Waals surface area contributed by atoms with Crippen LogP contribution in [0.1, 0.15) is 38.3 Å². The molecule has 0 radical (unpaired) electrons. The fourth-order valence-electron chi connectivity index (χ4n) is 2.60. The van der Waals surface area contributed by atoms with E-state index in [1.807, 2.05) is 32.9 Å². The van der Waals surface area contributed by atoms with Gasteiger partial charge in [0.05, 0.1) is 16.5 Å². The number of hydrogen-bond acceptors (Lipinski definition) is 4. The van der Waals surface area contributed by atoms with Crippen molar-refractivity contribution in [1.82, 2.24) is 4.72 Å². The van der Waals surface area contributed by atoms with E-state index < -0.39 is 15.6 Å². The Morgan fingerprint density at radius 1 is 1.48 bits per heavy atom. The van der Waals surface area contributed by atoms with E-state index in [1.165, 1.54) is 0 Å². The van der Waals surface area contributed by atoms with Gasteiger partial charge in [0, 0.05) is 13.2 Å². The molecule has 1 aromatic carbocycles. The van der Waals surface area contributed by atoms with E-state index in [4.69, 9.17) is 10.5 Å². The summed E-state index contributed by atoms with van der Waals surface area (Å²) in [6, 6.07) is 5.39. The molecule has 1 aliphatic rings. The van der Waals surface area contributed by atoms with Gasteiger partial charge in [0.1, 0.15) is 0 Å². The third kappa shape index (κ3) is 3.29. The Morgan fingerprint density at radius 3 is 2.71 bits per heavy atom. The lowest BCUT2D eigenvalue weighted by atomic mass is 9.97. The zero-order valence-corrected chi connectivity index (χ0v) is 13.7. The van der Waals surface area contributed by atoms with Crippen molar-refractivity contribution in [3.8, 4) is 0 Å². The Kier molecular flexibility index (Phi) is 4.72. The minimum Gasteiger partial charge on any atom is -0.376 e. The smallest absolute Gasteiger partial charge is 0.241 e. The first kappa shape index (κ1) is 16.4. The maximum absolute atomic E-state index is 12.8. The molecule has 21 heavy (non-hydrogen) atoms. The number of nitrogens with one attached hydrogen (secondary N) is 1. The van der Waals surface area contributed by atoms with Crippen molar-refractivity contribution in [2.24, 2.45) is 5.73 Å². The molecule has 0 spiro atoms. The van der Waals surface area contributed by atoms with Crippen molar-refractivity contribution < 1.29 is 13.2 Å². The number of rotatable bonds is 5. The topological polar surface area (TPSA) is 81.4 Å². The van der Waals surface area contributed by atoms with Crippen molar-refractivity contribution in [3.63, 3.8) is 0 Å². The summed E-state index contributed by atoms with van der Waals surface area (Å²) in [5, 5.41) is 0. The second-order valence-electron chi connectivity index (χ2n) is 5.79. The van der Waals surface area contributed by atoms with Crippen LogP contribution in [0, 0.1) is 0 Å². The molecule has 3 N–H and O–H groups in total. The molecule has 0 saturated carbocycles. The Hall–Kier alpha value is -0.950. The van der Waals surface area contributed by atoms with Crippen LogP contribution in [0.15, 0.2) is 23.1 Å². The van der Waals surface area contributed by atoms with Crippen LogP contribution in [0.3, 0.4) is 0 Å². The van der Waals surface area contributed by atoms with Gasteiger partial charge in [0.15, 0.2) is 0 Å². The Balaban J connectivity index is 2.39. The van der Waals surface area contributed by atoms with Gasteiger partial charge < -0.3 is 10.5 Å². The summed E-state index contributed by atoms with van der Waals surface area (Å²) in [4.78, 5) is 0.327. The summed E-state index contributed by atoms with van der Waals surface area (Å²) >= 11 is 0. The summed E-state index contributed by atoms with van der Waals surface area (Å²) in [6.07, 6.45) is 1.19. The van der Waals surface area contributed by atoms with Crippen molar-refractivity contribution in [3.05, 3.63) is 29.3 Å². The molecule has 5 nitrogen and oxygen atoms in total. The zero-order chi connectivity index (χ0) is 15.7. The molecule has 1 aromatic rings. The largest absolute Gasteiger partial charge is 0.376 e. The maximum Gasteiger partial charge on any atom is 0.241 e. The van der Waals surface area contributed by atoms with E-state index in [9.17, 15) is 8.42 Å². The molecule has 1 aliphatic heterocycles. The van der Waals surface area contributed by atoms with Gasteiger partial charge in [-0.25, -0.2) is 13.1 Å². The summed E-state index contributed by atoms with van der Waals surface area (Å²) < 4.78 is 33.9. The van der Waals surface area contributed by atoms with E-state index in [2.05, 4.69) is 4.72 Å². The molecule has 6 heteroatoms. The van der Waals surface area contributed by atoms with Crippen LogP contribution in [-0.2, 0) is 27.7 Å². The lowest BCUT2D eigenvalue weighted by molar-refractivity contribution is 0.0957. The van der Waals surface area contributed by atoms with Crippen molar-refractivity contribution in [2.75, 3.05) is 6.61 Å². The number of ether oxygens (including phenoxy) is 1. The summed E-state index contributed by atoms with van der Waals surface area (Å²) in [7, 11) is -3.60. The van der Waals surface area contributed by atoms with Crippen LogP contribution in [0.2, 0.25) is 0 Å². The molecule has 2 unspecified atom stereocenters. The molecular weight excluding hydrogens is 288 g/mol. The predicted octanol–water partition coefficient (Wildman–Crippen LogP) is 1.55. The second-order valence-corrected chi connectivity index (χ2v) is 7.44. The van der Waals surface area contributed by atoms with Gasteiger partial charge in [-0.05, 0) is 43.9 Å². The summed E-state index contributed by atoms with van der Waals surface area (Å²) in [6.45, 7) is 6.62. The van der Waals surface area contributed by atoms with Gasteiger partial charge in [-0.3, -0.25) is 0 Å². The summed E-state index contributed by atoms with van der Waals surface area (Å²) in [5.74, 6) is 0. The van der Waals surface area contributed by atoms with Crippen LogP contribution in [-0.4, -0.2) is 26.7 Å². The lowest BCUT2D eigenvalue weighted by Crippen LogP contribution is -2.50. The fraction of sp³-hybridized carbons (Fsp3) is 0.600. The molecule has 2 rings (SSSR count). The van der Waals surface area contributed by atoms with Crippen LogP contribution >= 0.6 is 0 Å². The third-order valence-corrected chi connectivity index (χ3v) is 5.99. The number of aryl methyl sites for hydroxylation is 1. The number of benzene rings is 1. The lowest BCUT2D eigenvalue weighted by Gasteiger charge is -2.29. The monoisotopic (exact) mass is 312 g/mol. The molecule has 0 aliphatic carbocycles. The van der Waals surface area contributed by atoms with E-state index in [0.717, 1.165) is 11.1 Å². The predicted molar refractivity (Wildman–Crippen MR) is 82.5 cm³/mol. The second kappa shape index (κ2) is 6.04. The molecule has 0 bridgehead atoms. The molecular formula is C15H24N2O3S. The van der Waals surface area contributed by atoms with Crippen molar-refractivity contribution >= 4 is 10.0 Å². The Morgan fingerprint density at radius 2 is 2.19 bits per heavy atom. The Bertz CT molecular complexity index is 615. The highest BCUT2D eigenvalue weighted by molar-refractivity contribution is 7.89. The van der Waals surface area contributed by atoms with E-state index in [0.29, 0.717) is 30.9 Å². The van der Waals surface area contributed by atoms with E-state index in [-0.39, 0.29) is 6.10 Å². The van der Waals surface area contributed by atoms with Crippen molar-refractivity contribution in [1.29, 1.82) is 0 Å². The van der Waals surface area contributed by atoms with E-state index in [1.54, 1.807) is 6.07 Å². The first-order chi connectivity index (χ1) is 9.82. The van der Waals surface area contributed by atoms with E-state index >= 15 is 0 Å². The van der Waals surface area contributed by atoms with Gasteiger partial charge in [-0.15, -0.1) is 0 Å². The summed E-state index contributed by atoms with van der Waals surface area (Å²) in [5.41, 5.74) is 6.68. The average Bonchev–Trinajstić information content (AvgIpc) is 2.76. The normalized spacial score (nSPS) is 26.2. The first-order valence-electron chi connectivity index (χ1n) is 7.30. The quantitative estimate of drug-likeness (QED) is 0.864. The number of nitrogens with two attached hydrogens (primary N) is 1. The third-order valence-electron chi connectivity index (χ3n) is 4.29. The fourth-order valence-corrected chi connectivity index (χ4v) is 4.45. The van der Waals surface area contributed by atoms with Crippen LogP contribution < -0.4 is 10.5 Å². The van der Waals surface area contributed by atoms with Crippen LogP contribution in [0.5, 0.6) is 0 Å². The maximum atomic E-state index is 12.8. The van der Waals surface area contributed by atoms with Gasteiger partial charge in [0.25, 0.3) is 0 Å². The van der Waals surface area contributed by atoms with Crippen LogP contribution in [0.25, 0.3) is 0 Å². The SMILES string of the molecule is CCc1ccc(CN)cc1S(=O)(=O)NC1(C)CCOC1C. The molecule has 118 valence electrons. The number of sulfonamides is 1. The average molecular weight is 312 g/mol. The minimum atomic E-state index is -3.60. The molecule has 2 atom stereocenters. The van der Waals surface area contributed by atoms with Gasteiger partial charge >= 0.3 is 0 Å². The molecule has 1 heterocycles. The highest BCUT2D eigenvalue weighted by atomic mass is 32.2. The minimum absolute atomic E-state index is 0.143. The molecule has 1 fully saturated rings. The Labute approximate surface area is 126 Å². The molecule has 1 saturated heterocycles. The van der Waals surface area contributed by atoms with Crippen LogP contribution in [0.4, 0.5) is 0 Å². The zero-order valence-electron chi connectivity index (χ0n) is 12.8. The highest BCUT2D eigenvalue weighted by Gasteiger charge is 2.40. The van der Waals surface area contributed by atoms with Gasteiger partial charge in [-0.1, -0.05) is 19.1 Å². The first-order valence-corrected chi connectivity index (χ1v) is 8.78. The highest BCUT2D eigenvalue weighted by Crippen LogP contribution is 2.28. The standard InChI is InChI=1S/C15H24N2O3S/c1-4-13-6-5-12(10-16)9-14(13)21(18,19)17-15(3)7-8-20-11(15)2/h5-6,9,11,17H,4,7-8,10,16H2,1-3H3.